The molecular formula is C21H34N2S2. The average molecular weight is 379 g/mol. The fourth-order valence-corrected chi connectivity index (χ4v) is 6.78. The highest BCUT2D eigenvalue weighted by Gasteiger charge is 2.29. The molecule has 2 heterocycles. The van der Waals surface area contributed by atoms with Crippen molar-refractivity contribution in [3.63, 3.8) is 0 Å². The molecule has 2 atom stereocenters. The van der Waals surface area contributed by atoms with E-state index in [-0.39, 0.29) is 0 Å². The number of hydrogen-bond donors (Lipinski definition) is 0. The molecule has 0 radical (unpaired) electrons. The predicted octanol–water partition coefficient (Wildman–Crippen LogP) is 6.71. The standard InChI is InChI=1S/C21H34N2S2/c22-17-21(18-23,13-5-1-9-19-11-3-7-15-24-19)14-6-2-10-20-12-4-8-16-25-20/h19-20H,1-16H2. The van der Waals surface area contributed by atoms with Crippen LogP contribution in [0, 0.1) is 28.1 Å². The summed E-state index contributed by atoms with van der Waals surface area (Å²) >= 11 is 4.26. The molecule has 0 amide bonds. The zero-order valence-electron chi connectivity index (χ0n) is 15.7. The molecule has 0 aliphatic carbocycles. The predicted molar refractivity (Wildman–Crippen MR) is 111 cm³/mol. The van der Waals surface area contributed by atoms with E-state index >= 15 is 0 Å². The van der Waals surface area contributed by atoms with Crippen LogP contribution in [0.1, 0.15) is 89.9 Å². The molecule has 2 saturated heterocycles. The minimum atomic E-state index is -0.723. The fraction of sp³-hybridized carbons (Fsp3) is 0.905. The lowest BCUT2D eigenvalue weighted by atomic mass is 9.80. The molecule has 0 bridgehead atoms. The van der Waals surface area contributed by atoms with Gasteiger partial charge in [0.2, 0.25) is 0 Å². The van der Waals surface area contributed by atoms with E-state index in [1.54, 1.807) is 0 Å². The maximum Gasteiger partial charge on any atom is 0.143 e. The van der Waals surface area contributed by atoms with Gasteiger partial charge < -0.3 is 0 Å². The summed E-state index contributed by atoms with van der Waals surface area (Å²) in [6.45, 7) is 0. The van der Waals surface area contributed by atoms with Crippen LogP contribution in [0.4, 0.5) is 0 Å². The van der Waals surface area contributed by atoms with E-state index in [2.05, 4.69) is 35.7 Å². The highest BCUT2D eigenvalue weighted by atomic mass is 32.2. The second-order valence-corrected chi connectivity index (χ2v) is 10.6. The SMILES string of the molecule is N#CC(C#N)(CCCCC1CCCCS1)CCCCC1CCCCS1. The Morgan fingerprint density at radius 1 is 0.720 bits per heavy atom. The Bertz CT molecular complexity index is 398. The van der Waals surface area contributed by atoms with Crippen LogP contribution < -0.4 is 0 Å². The molecule has 0 aromatic rings. The first-order valence-electron chi connectivity index (χ1n) is 10.3. The lowest BCUT2D eigenvalue weighted by molar-refractivity contribution is 0.391. The molecule has 0 saturated carbocycles. The van der Waals surface area contributed by atoms with E-state index in [0.717, 1.165) is 36.2 Å². The Hall–Kier alpha value is -0.320. The van der Waals surface area contributed by atoms with Gasteiger partial charge in [-0.15, -0.1) is 0 Å². The lowest BCUT2D eigenvalue weighted by Crippen LogP contribution is -2.17. The van der Waals surface area contributed by atoms with Crippen LogP contribution in [0.3, 0.4) is 0 Å². The maximum atomic E-state index is 9.59. The van der Waals surface area contributed by atoms with Crippen molar-refractivity contribution in [2.45, 2.75) is 100 Å². The average Bonchev–Trinajstić information content (AvgIpc) is 2.69. The Balaban J connectivity index is 1.61. The molecule has 140 valence electrons. The number of nitrogens with zero attached hydrogens (tertiary/aromatic N) is 2. The second kappa shape index (κ2) is 12.1. The molecule has 25 heavy (non-hydrogen) atoms. The summed E-state index contributed by atoms with van der Waals surface area (Å²) < 4.78 is 0. The minimum Gasteiger partial charge on any atom is -0.197 e. The molecular weight excluding hydrogens is 344 g/mol. The first-order valence-corrected chi connectivity index (χ1v) is 12.4. The summed E-state index contributed by atoms with van der Waals surface area (Å²) in [7, 11) is 0. The van der Waals surface area contributed by atoms with Gasteiger partial charge in [0.1, 0.15) is 5.41 Å². The number of hydrogen-bond acceptors (Lipinski definition) is 4. The number of nitriles is 2. The molecule has 2 unspecified atom stereocenters. The Morgan fingerprint density at radius 2 is 1.20 bits per heavy atom. The van der Waals surface area contributed by atoms with E-state index < -0.39 is 5.41 Å². The van der Waals surface area contributed by atoms with Gasteiger partial charge in [-0.3, -0.25) is 0 Å². The van der Waals surface area contributed by atoms with Gasteiger partial charge in [-0.05, 0) is 62.9 Å². The second-order valence-electron chi connectivity index (χ2n) is 7.77. The van der Waals surface area contributed by atoms with Crippen molar-refractivity contribution in [2.75, 3.05) is 11.5 Å². The Kier molecular flexibility index (Phi) is 10.2. The van der Waals surface area contributed by atoms with Crippen LogP contribution in [-0.4, -0.2) is 22.0 Å². The monoisotopic (exact) mass is 378 g/mol. The largest absolute Gasteiger partial charge is 0.197 e. The quantitative estimate of drug-likeness (QED) is 0.396. The van der Waals surface area contributed by atoms with Gasteiger partial charge >= 0.3 is 0 Å². The Labute approximate surface area is 163 Å². The van der Waals surface area contributed by atoms with E-state index in [1.807, 2.05) is 0 Å². The van der Waals surface area contributed by atoms with E-state index in [4.69, 9.17) is 0 Å². The van der Waals surface area contributed by atoms with Gasteiger partial charge in [0.25, 0.3) is 0 Å². The molecule has 0 aromatic carbocycles. The molecule has 2 aliphatic rings. The summed E-state index contributed by atoms with van der Waals surface area (Å²) in [6, 6.07) is 4.74. The fourth-order valence-electron chi connectivity index (χ4n) is 4.04. The van der Waals surface area contributed by atoms with E-state index in [9.17, 15) is 10.5 Å². The topological polar surface area (TPSA) is 47.6 Å². The first-order chi connectivity index (χ1) is 12.3. The first kappa shape index (κ1) is 21.0. The molecule has 0 aromatic heterocycles. The maximum absolute atomic E-state index is 9.59. The third kappa shape index (κ3) is 7.84. The third-order valence-corrected chi connectivity index (χ3v) is 8.67. The normalized spacial score (nSPS) is 24.4. The smallest absolute Gasteiger partial charge is 0.143 e. The molecule has 0 N–H and O–H groups in total. The zero-order valence-corrected chi connectivity index (χ0v) is 17.3. The van der Waals surface area contributed by atoms with Crippen molar-refractivity contribution in [3.8, 4) is 12.1 Å². The Morgan fingerprint density at radius 3 is 1.56 bits per heavy atom. The van der Waals surface area contributed by atoms with Crippen molar-refractivity contribution < 1.29 is 0 Å². The third-order valence-electron chi connectivity index (χ3n) is 5.74. The highest BCUT2D eigenvalue weighted by molar-refractivity contribution is 8.00. The summed E-state index contributed by atoms with van der Waals surface area (Å²) in [6.07, 6.45) is 16.8. The van der Waals surface area contributed by atoms with E-state index in [0.29, 0.717) is 0 Å². The molecule has 0 spiro atoms. The summed E-state index contributed by atoms with van der Waals surface area (Å²) in [5.74, 6) is 2.65. The zero-order chi connectivity index (χ0) is 17.8. The molecule has 4 heteroatoms. The van der Waals surface area contributed by atoms with Crippen molar-refractivity contribution >= 4 is 23.5 Å². The van der Waals surface area contributed by atoms with Gasteiger partial charge in [-0.2, -0.15) is 34.0 Å². The minimum absolute atomic E-state index is 0.723. The summed E-state index contributed by atoms with van der Waals surface area (Å²) in [5, 5.41) is 20.9. The van der Waals surface area contributed by atoms with Crippen LogP contribution in [0.2, 0.25) is 0 Å². The van der Waals surface area contributed by atoms with Crippen molar-refractivity contribution in [1.29, 1.82) is 10.5 Å². The number of thioether (sulfide) groups is 2. The molecule has 2 nitrogen and oxygen atoms in total. The van der Waals surface area contributed by atoms with E-state index in [1.165, 1.54) is 75.7 Å². The van der Waals surface area contributed by atoms with Crippen LogP contribution >= 0.6 is 23.5 Å². The van der Waals surface area contributed by atoms with Gasteiger partial charge in [0, 0.05) is 10.5 Å². The summed E-state index contributed by atoms with van der Waals surface area (Å²) in [4.78, 5) is 0. The van der Waals surface area contributed by atoms with Gasteiger partial charge in [-0.1, -0.05) is 38.5 Å². The van der Waals surface area contributed by atoms with Crippen molar-refractivity contribution in [3.05, 3.63) is 0 Å². The van der Waals surface area contributed by atoms with Crippen LogP contribution in [0.25, 0.3) is 0 Å². The lowest BCUT2D eigenvalue weighted by Gasteiger charge is -2.23. The highest BCUT2D eigenvalue weighted by Crippen LogP contribution is 2.34. The van der Waals surface area contributed by atoms with Crippen LogP contribution in [0.15, 0.2) is 0 Å². The molecule has 2 rings (SSSR count). The molecule has 2 aliphatic heterocycles. The van der Waals surface area contributed by atoms with Crippen molar-refractivity contribution in [1.82, 2.24) is 0 Å². The van der Waals surface area contributed by atoms with Crippen LogP contribution in [-0.2, 0) is 0 Å². The van der Waals surface area contributed by atoms with Gasteiger partial charge in [0.05, 0.1) is 12.1 Å². The van der Waals surface area contributed by atoms with Crippen LogP contribution in [0.5, 0.6) is 0 Å². The summed E-state index contributed by atoms with van der Waals surface area (Å²) in [5.41, 5.74) is -0.723. The van der Waals surface area contributed by atoms with Gasteiger partial charge in [-0.25, -0.2) is 0 Å². The van der Waals surface area contributed by atoms with Gasteiger partial charge in [0.15, 0.2) is 0 Å². The number of unbranched alkanes of at least 4 members (excludes halogenated alkanes) is 2. The van der Waals surface area contributed by atoms with Crippen molar-refractivity contribution in [2.24, 2.45) is 5.41 Å². The number of rotatable bonds is 10. The molecule has 2 fully saturated rings.